The van der Waals surface area contributed by atoms with E-state index in [1.807, 2.05) is 6.92 Å². The van der Waals surface area contributed by atoms with Crippen molar-refractivity contribution >= 4 is 86.7 Å². The second kappa shape index (κ2) is 12.5. The van der Waals surface area contributed by atoms with E-state index >= 15 is 0 Å². The number of aromatic carboxylic acids is 1. The van der Waals surface area contributed by atoms with Gasteiger partial charge in [0.15, 0.2) is 15.2 Å². The van der Waals surface area contributed by atoms with E-state index in [9.17, 15) is 18.0 Å². The summed E-state index contributed by atoms with van der Waals surface area (Å²) in [7, 11) is 0. The van der Waals surface area contributed by atoms with Crippen molar-refractivity contribution in [2.45, 2.75) is 35.4 Å². The fourth-order valence-corrected chi connectivity index (χ4v) is 6.24. The molecule has 4 aromatic heterocycles. The van der Waals surface area contributed by atoms with Crippen LogP contribution in [0.4, 0.5) is 19.0 Å². The van der Waals surface area contributed by atoms with Gasteiger partial charge in [0.25, 0.3) is 0 Å². The van der Waals surface area contributed by atoms with Gasteiger partial charge in [0, 0.05) is 29.7 Å². The van der Waals surface area contributed by atoms with Crippen LogP contribution in [0.1, 0.15) is 28.7 Å². The second-order valence-electron chi connectivity index (χ2n) is 8.44. The molecule has 5 heterocycles. The van der Waals surface area contributed by atoms with E-state index in [0.29, 0.717) is 42.8 Å². The molecule has 218 valence electrons. The zero-order valence-electron chi connectivity index (χ0n) is 20.5. The molecule has 0 radical (unpaired) electrons. The summed E-state index contributed by atoms with van der Waals surface area (Å²) in [4.78, 5) is 47.0. The van der Waals surface area contributed by atoms with Crippen LogP contribution < -0.4 is 4.90 Å². The molecule has 0 bridgehead atoms. The van der Waals surface area contributed by atoms with Gasteiger partial charge < -0.3 is 20.1 Å². The largest absolute Gasteiger partial charge is 0.490 e. The number of aliphatic carboxylic acids is 1. The first-order chi connectivity index (χ1) is 19.3. The highest BCUT2D eigenvalue weighted by atomic mass is 35.5. The molecule has 3 N–H and O–H groups in total. The van der Waals surface area contributed by atoms with Crippen LogP contribution in [-0.2, 0) is 17.6 Å². The lowest BCUT2D eigenvalue weighted by Crippen LogP contribution is -2.48. The molecule has 41 heavy (non-hydrogen) atoms. The summed E-state index contributed by atoms with van der Waals surface area (Å²) in [6, 6.07) is 0. The van der Waals surface area contributed by atoms with Crippen LogP contribution in [0, 0.1) is 5.92 Å². The zero-order valence-corrected chi connectivity index (χ0v) is 24.4. The Morgan fingerprint density at radius 3 is 2.32 bits per heavy atom. The number of aromatic amines is 1. The van der Waals surface area contributed by atoms with Crippen molar-refractivity contribution in [3.8, 4) is 0 Å². The molecule has 0 aromatic carbocycles. The summed E-state index contributed by atoms with van der Waals surface area (Å²) in [5.41, 5.74) is 2.26. The lowest BCUT2D eigenvalue weighted by Gasteiger charge is -2.40. The zero-order chi connectivity index (χ0) is 30.1. The summed E-state index contributed by atoms with van der Waals surface area (Å²) >= 11 is 21.5. The minimum atomic E-state index is -5.08. The Hall–Kier alpha value is -2.92. The van der Waals surface area contributed by atoms with E-state index in [0.717, 1.165) is 42.0 Å². The number of thiazole rings is 1. The molecule has 5 rings (SSSR count). The van der Waals surface area contributed by atoms with Crippen LogP contribution in [-0.4, -0.2) is 71.3 Å². The van der Waals surface area contributed by atoms with Crippen LogP contribution in [0.3, 0.4) is 0 Å². The molecule has 1 fully saturated rings. The molecule has 0 spiro atoms. The van der Waals surface area contributed by atoms with Crippen molar-refractivity contribution < 1.29 is 33.0 Å². The third-order valence-corrected chi connectivity index (χ3v) is 8.56. The fourth-order valence-electron chi connectivity index (χ4n) is 3.77. The molecule has 0 amide bonds. The van der Waals surface area contributed by atoms with Crippen molar-refractivity contribution in [1.29, 1.82) is 0 Å². The van der Waals surface area contributed by atoms with Gasteiger partial charge in [0.1, 0.15) is 28.1 Å². The van der Waals surface area contributed by atoms with Crippen molar-refractivity contribution in [2.75, 3.05) is 18.0 Å². The monoisotopic (exact) mass is 669 g/mol. The number of hydrogen-bond acceptors (Lipinski definition) is 10. The van der Waals surface area contributed by atoms with Crippen LogP contribution in [0.15, 0.2) is 21.2 Å². The average Bonchev–Trinajstić information content (AvgIpc) is 3.46. The molecule has 1 saturated heterocycles. The van der Waals surface area contributed by atoms with E-state index in [4.69, 9.17) is 54.8 Å². The number of carboxylic acids is 2. The summed E-state index contributed by atoms with van der Waals surface area (Å²) in [6.45, 7) is 3.46. The molecule has 0 aliphatic carbocycles. The van der Waals surface area contributed by atoms with Crippen LogP contribution >= 0.6 is 57.9 Å². The molecule has 1 aliphatic heterocycles. The quantitative estimate of drug-likeness (QED) is 0.159. The fraction of sp³-hybridized carbons (Fsp3) is 0.318. The van der Waals surface area contributed by atoms with Gasteiger partial charge in [-0.1, -0.05) is 41.7 Å². The molecule has 0 unspecified atom stereocenters. The van der Waals surface area contributed by atoms with Crippen molar-refractivity contribution in [3.05, 3.63) is 44.0 Å². The smallest absolute Gasteiger partial charge is 0.476 e. The highest BCUT2D eigenvalue weighted by Crippen LogP contribution is 2.40. The highest BCUT2D eigenvalue weighted by molar-refractivity contribution is 8.00. The lowest BCUT2D eigenvalue weighted by molar-refractivity contribution is -0.192. The van der Waals surface area contributed by atoms with Gasteiger partial charge in [-0.25, -0.2) is 34.5 Å². The Balaban J connectivity index is 0.000000493. The number of hydrogen-bond donors (Lipinski definition) is 3. The Bertz CT molecular complexity index is 1590. The first-order valence-electron chi connectivity index (χ1n) is 11.4. The maximum Gasteiger partial charge on any atom is 0.490 e. The number of carboxylic acid groups (broad SMARTS) is 2. The predicted octanol–water partition coefficient (Wildman–Crippen LogP) is 5.89. The number of halogens is 6. The number of anilines is 1. The normalized spacial score (nSPS) is 13.6. The summed E-state index contributed by atoms with van der Waals surface area (Å²) < 4.78 is 32.3. The Labute approximate surface area is 252 Å². The molecule has 11 nitrogen and oxygen atoms in total. The SMILES string of the molecule is CCc1[nH]c2nc(Sc3nc(C(=O)O)cs3)nc(N3CC(Cc4c(Cl)ncnc4Cl)C3)c2c1Cl.O=C(O)C(F)(F)F. The minimum absolute atomic E-state index is 0.00205. The maximum absolute atomic E-state index is 11.2. The number of fused-ring (bicyclic) bond motifs is 1. The van der Waals surface area contributed by atoms with E-state index in [1.54, 1.807) is 0 Å². The van der Waals surface area contributed by atoms with Gasteiger partial charge in [-0.15, -0.1) is 11.3 Å². The van der Waals surface area contributed by atoms with E-state index < -0.39 is 18.1 Å². The van der Waals surface area contributed by atoms with Gasteiger partial charge in [0.05, 0.1) is 10.4 Å². The predicted molar refractivity (Wildman–Crippen MR) is 147 cm³/mol. The topological polar surface area (TPSA) is 158 Å². The number of nitrogens with one attached hydrogen (secondary N) is 1. The van der Waals surface area contributed by atoms with Gasteiger partial charge in [-0.3, -0.25) is 0 Å². The number of rotatable bonds is 7. The number of carbonyl (C=O) groups is 2. The van der Waals surface area contributed by atoms with Crippen LogP contribution in [0.5, 0.6) is 0 Å². The number of aromatic nitrogens is 6. The molecule has 1 aliphatic rings. The van der Waals surface area contributed by atoms with E-state index in [1.165, 1.54) is 34.8 Å². The molecular weight excluding hydrogens is 654 g/mol. The van der Waals surface area contributed by atoms with E-state index in [-0.39, 0.29) is 5.69 Å². The minimum Gasteiger partial charge on any atom is -0.476 e. The summed E-state index contributed by atoms with van der Waals surface area (Å²) in [5, 5.41) is 20.3. The number of aryl methyl sites for hydroxylation is 1. The van der Waals surface area contributed by atoms with E-state index in [2.05, 4.69) is 29.8 Å². The van der Waals surface area contributed by atoms with Gasteiger partial charge in [-0.05, 0) is 30.5 Å². The van der Waals surface area contributed by atoms with Crippen molar-refractivity contribution in [1.82, 2.24) is 29.9 Å². The van der Waals surface area contributed by atoms with Gasteiger partial charge in [-0.2, -0.15) is 13.2 Å². The third-order valence-electron chi connectivity index (χ3n) is 5.69. The standard InChI is InChI=1S/C20H16Cl3N7O2S2.C2HF3O2/c1-2-10-13(21)12-16(26-10)28-19(34-20-27-11(6-33-20)18(31)32)29-17(12)30-4-8(5-30)3-9-14(22)24-7-25-15(9)23;3-2(4,5)1(6)7/h6-8H,2-5H2,1H3,(H,31,32)(H,26,28,29);(H,6,7). The Morgan fingerprint density at radius 2 is 1.78 bits per heavy atom. The van der Waals surface area contributed by atoms with Crippen LogP contribution in [0.2, 0.25) is 15.3 Å². The van der Waals surface area contributed by atoms with Crippen LogP contribution in [0.25, 0.3) is 11.0 Å². The number of H-pyrrole nitrogens is 1. The number of alkyl halides is 3. The van der Waals surface area contributed by atoms with Crippen molar-refractivity contribution in [3.63, 3.8) is 0 Å². The first-order valence-corrected chi connectivity index (χ1v) is 14.3. The van der Waals surface area contributed by atoms with Gasteiger partial charge in [0.2, 0.25) is 0 Å². The lowest BCUT2D eigenvalue weighted by atomic mass is 9.93. The van der Waals surface area contributed by atoms with Gasteiger partial charge >= 0.3 is 18.1 Å². The summed E-state index contributed by atoms with van der Waals surface area (Å²) in [6.07, 6.45) is -2.36. The summed E-state index contributed by atoms with van der Waals surface area (Å²) in [5.74, 6) is -2.81. The molecule has 4 aromatic rings. The molecule has 0 atom stereocenters. The Kier molecular flexibility index (Phi) is 9.48. The molecular formula is C22H17Cl3F3N7O4S2. The first kappa shape index (κ1) is 31.0. The maximum atomic E-state index is 11.2. The molecule has 0 saturated carbocycles. The third kappa shape index (κ3) is 7.12. The Morgan fingerprint density at radius 1 is 1.15 bits per heavy atom. The second-order valence-corrected chi connectivity index (χ2v) is 11.6. The number of nitrogens with zero attached hydrogens (tertiary/aromatic N) is 6. The van der Waals surface area contributed by atoms with Crippen molar-refractivity contribution in [2.24, 2.45) is 5.92 Å². The molecule has 19 heteroatoms. The average molecular weight is 671 g/mol. The highest BCUT2D eigenvalue weighted by Gasteiger charge is 2.38.